The molecule has 0 aliphatic carbocycles. The molecule has 1 heterocycles. The van der Waals surface area contributed by atoms with Gasteiger partial charge in [-0.05, 0) is 6.42 Å². The fraction of sp³-hybridized carbons (Fsp3) is 0.444. The number of rotatable bonds is 3. The SMILES string of the molecule is C=CCCC(=O)N1CC(=O)NC(=O)C1. The summed E-state index contributed by atoms with van der Waals surface area (Å²) in [5.74, 6) is -1.03. The second kappa shape index (κ2) is 4.55. The van der Waals surface area contributed by atoms with Crippen LogP contribution in [0, 0.1) is 0 Å². The summed E-state index contributed by atoms with van der Waals surface area (Å²) in [5.41, 5.74) is 0. The van der Waals surface area contributed by atoms with Gasteiger partial charge in [0.2, 0.25) is 17.7 Å². The third-order valence-electron chi connectivity index (χ3n) is 1.86. The van der Waals surface area contributed by atoms with E-state index in [1.807, 2.05) is 0 Å². The second-order valence-corrected chi connectivity index (χ2v) is 3.05. The maximum absolute atomic E-state index is 11.4. The Morgan fingerprint density at radius 1 is 1.43 bits per heavy atom. The van der Waals surface area contributed by atoms with E-state index in [0.717, 1.165) is 0 Å². The van der Waals surface area contributed by atoms with Gasteiger partial charge in [0, 0.05) is 6.42 Å². The summed E-state index contributed by atoms with van der Waals surface area (Å²) in [6.07, 6.45) is 2.49. The molecular formula is C9H12N2O3. The average Bonchev–Trinajstić information content (AvgIpc) is 2.12. The van der Waals surface area contributed by atoms with Crippen LogP contribution in [-0.2, 0) is 14.4 Å². The smallest absolute Gasteiger partial charge is 0.246 e. The number of imide groups is 1. The van der Waals surface area contributed by atoms with Crippen LogP contribution in [-0.4, -0.2) is 35.7 Å². The molecule has 3 amide bonds. The Morgan fingerprint density at radius 2 is 2.00 bits per heavy atom. The summed E-state index contributed by atoms with van der Waals surface area (Å²) in [5, 5.41) is 2.13. The summed E-state index contributed by atoms with van der Waals surface area (Å²) >= 11 is 0. The number of hydrogen-bond acceptors (Lipinski definition) is 3. The molecule has 1 fully saturated rings. The van der Waals surface area contributed by atoms with Crippen LogP contribution in [0.3, 0.4) is 0 Å². The molecule has 0 aromatic carbocycles. The molecule has 1 aliphatic rings. The highest BCUT2D eigenvalue weighted by atomic mass is 16.2. The molecule has 1 saturated heterocycles. The zero-order valence-corrected chi connectivity index (χ0v) is 7.78. The van der Waals surface area contributed by atoms with Crippen LogP contribution in [0.2, 0.25) is 0 Å². The molecule has 1 rings (SSSR count). The summed E-state index contributed by atoms with van der Waals surface area (Å²) in [7, 11) is 0. The number of nitrogens with zero attached hydrogens (tertiary/aromatic N) is 1. The maximum atomic E-state index is 11.4. The number of carbonyl (C=O) groups is 3. The first kappa shape index (κ1) is 10.4. The van der Waals surface area contributed by atoms with Gasteiger partial charge in [0.15, 0.2) is 0 Å². The van der Waals surface area contributed by atoms with Crippen molar-refractivity contribution in [1.29, 1.82) is 0 Å². The minimum absolute atomic E-state index is 0.0261. The van der Waals surface area contributed by atoms with Crippen LogP contribution in [0.15, 0.2) is 12.7 Å². The predicted octanol–water partition coefficient (Wildman–Crippen LogP) is -0.562. The van der Waals surface area contributed by atoms with Gasteiger partial charge in [0.05, 0.1) is 0 Å². The van der Waals surface area contributed by atoms with Crippen molar-refractivity contribution in [3.8, 4) is 0 Å². The Kier molecular flexibility index (Phi) is 3.39. The van der Waals surface area contributed by atoms with Gasteiger partial charge in [-0.15, -0.1) is 6.58 Å². The van der Waals surface area contributed by atoms with Gasteiger partial charge in [-0.3, -0.25) is 19.7 Å². The summed E-state index contributed by atoms with van der Waals surface area (Å²) in [6, 6.07) is 0. The highest BCUT2D eigenvalue weighted by molar-refractivity contribution is 6.02. The van der Waals surface area contributed by atoms with Gasteiger partial charge >= 0.3 is 0 Å². The van der Waals surface area contributed by atoms with E-state index in [2.05, 4.69) is 11.9 Å². The Hall–Kier alpha value is -1.65. The van der Waals surface area contributed by atoms with Crippen molar-refractivity contribution in [3.63, 3.8) is 0 Å². The monoisotopic (exact) mass is 196 g/mol. The third kappa shape index (κ3) is 2.69. The van der Waals surface area contributed by atoms with E-state index >= 15 is 0 Å². The summed E-state index contributed by atoms with van der Waals surface area (Å²) in [6.45, 7) is 3.44. The largest absolute Gasteiger partial charge is 0.324 e. The van der Waals surface area contributed by atoms with Gasteiger partial charge in [0.25, 0.3) is 0 Å². The molecule has 0 aromatic heterocycles. The maximum Gasteiger partial charge on any atom is 0.246 e. The number of hydrogen-bond donors (Lipinski definition) is 1. The number of nitrogens with one attached hydrogen (secondary N) is 1. The predicted molar refractivity (Wildman–Crippen MR) is 49.2 cm³/mol. The standard InChI is InChI=1S/C9H12N2O3/c1-2-3-4-9(14)11-5-7(12)10-8(13)6-11/h2H,1,3-6H2,(H,10,12,13). The Morgan fingerprint density at radius 3 is 2.50 bits per heavy atom. The summed E-state index contributed by atoms with van der Waals surface area (Å²) < 4.78 is 0. The lowest BCUT2D eigenvalue weighted by atomic mass is 10.2. The lowest BCUT2D eigenvalue weighted by Crippen LogP contribution is -2.53. The van der Waals surface area contributed by atoms with Crippen molar-refractivity contribution in [2.75, 3.05) is 13.1 Å². The van der Waals surface area contributed by atoms with Crippen molar-refractivity contribution < 1.29 is 14.4 Å². The first-order valence-corrected chi connectivity index (χ1v) is 4.35. The Bertz CT molecular complexity index is 270. The second-order valence-electron chi connectivity index (χ2n) is 3.05. The molecule has 0 atom stereocenters. The fourth-order valence-corrected chi connectivity index (χ4v) is 1.20. The molecule has 5 heteroatoms. The molecule has 0 saturated carbocycles. The highest BCUT2D eigenvalue weighted by Gasteiger charge is 2.25. The van der Waals surface area contributed by atoms with Crippen LogP contribution in [0.1, 0.15) is 12.8 Å². The van der Waals surface area contributed by atoms with E-state index in [0.29, 0.717) is 12.8 Å². The van der Waals surface area contributed by atoms with E-state index in [-0.39, 0.29) is 19.0 Å². The molecule has 0 radical (unpaired) electrons. The molecule has 14 heavy (non-hydrogen) atoms. The van der Waals surface area contributed by atoms with Crippen LogP contribution >= 0.6 is 0 Å². The number of amides is 3. The number of allylic oxidation sites excluding steroid dienone is 1. The molecule has 0 aromatic rings. The highest BCUT2D eigenvalue weighted by Crippen LogP contribution is 2.01. The molecule has 0 bridgehead atoms. The zero-order valence-electron chi connectivity index (χ0n) is 7.78. The number of carbonyl (C=O) groups excluding carboxylic acids is 3. The lowest BCUT2D eigenvalue weighted by Gasteiger charge is -2.25. The topological polar surface area (TPSA) is 66.5 Å². The van der Waals surface area contributed by atoms with E-state index in [9.17, 15) is 14.4 Å². The van der Waals surface area contributed by atoms with Crippen molar-refractivity contribution in [3.05, 3.63) is 12.7 Å². The van der Waals surface area contributed by atoms with E-state index in [1.54, 1.807) is 6.08 Å². The molecule has 1 aliphatic heterocycles. The fourth-order valence-electron chi connectivity index (χ4n) is 1.20. The van der Waals surface area contributed by atoms with Crippen LogP contribution < -0.4 is 5.32 Å². The molecular weight excluding hydrogens is 184 g/mol. The Labute approximate surface area is 81.8 Å². The van der Waals surface area contributed by atoms with Gasteiger partial charge < -0.3 is 4.90 Å². The van der Waals surface area contributed by atoms with Gasteiger partial charge in [-0.2, -0.15) is 0 Å². The first-order chi connectivity index (χ1) is 6.63. The van der Waals surface area contributed by atoms with E-state index in [1.165, 1.54) is 4.90 Å². The minimum atomic E-state index is -0.423. The molecule has 5 nitrogen and oxygen atoms in total. The van der Waals surface area contributed by atoms with Crippen LogP contribution in [0.5, 0.6) is 0 Å². The minimum Gasteiger partial charge on any atom is -0.324 e. The molecule has 0 spiro atoms. The number of piperazine rings is 1. The zero-order chi connectivity index (χ0) is 10.6. The lowest BCUT2D eigenvalue weighted by molar-refractivity contribution is -0.145. The van der Waals surface area contributed by atoms with Crippen molar-refractivity contribution in [2.24, 2.45) is 0 Å². The quantitative estimate of drug-likeness (QED) is 0.486. The first-order valence-electron chi connectivity index (χ1n) is 4.35. The average molecular weight is 196 g/mol. The van der Waals surface area contributed by atoms with Crippen LogP contribution in [0.4, 0.5) is 0 Å². The molecule has 1 N–H and O–H groups in total. The normalized spacial score (nSPS) is 16.4. The van der Waals surface area contributed by atoms with Crippen molar-refractivity contribution >= 4 is 17.7 Å². The van der Waals surface area contributed by atoms with Gasteiger partial charge in [-0.25, -0.2) is 0 Å². The van der Waals surface area contributed by atoms with Crippen molar-refractivity contribution in [2.45, 2.75) is 12.8 Å². The van der Waals surface area contributed by atoms with Crippen molar-refractivity contribution in [1.82, 2.24) is 10.2 Å². The summed E-state index contributed by atoms with van der Waals surface area (Å²) in [4.78, 5) is 34.5. The van der Waals surface area contributed by atoms with E-state index in [4.69, 9.17) is 0 Å². The molecule has 76 valence electrons. The Balaban J connectivity index is 2.50. The van der Waals surface area contributed by atoms with Crippen LogP contribution in [0.25, 0.3) is 0 Å². The third-order valence-corrected chi connectivity index (χ3v) is 1.86. The molecule has 0 unspecified atom stereocenters. The van der Waals surface area contributed by atoms with E-state index < -0.39 is 11.8 Å². The van der Waals surface area contributed by atoms with Gasteiger partial charge in [0.1, 0.15) is 13.1 Å². The van der Waals surface area contributed by atoms with Gasteiger partial charge in [-0.1, -0.05) is 6.08 Å².